The predicted octanol–water partition coefficient (Wildman–Crippen LogP) is 2.33. The van der Waals surface area contributed by atoms with E-state index in [2.05, 4.69) is 15.9 Å². The minimum Gasteiger partial charge on any atom is -0.494 e. The van der Waals surface area contributed by atoms with Crippen LogP contribution >= 0.6 is 0 Å². The fourth-order valence-electron chi connectivity index (χ4n) is 3.72. The van der Waals surface area contributed by atoms with Crippen LogP contribution in [0.5, 0.6) is 5.75 Å². The van der Waals surface area contributed by atoms with Gasteiger partial charge in [0.2, 0.25) is 0 Å². The fourth-order valence-corrected chi connectivity index (χ4v) is 3.72. The Morgan fingerprint density at radius 2 is 1.75 bits per heavy atom. The summed E-state index contributed by atoms with van der Waals surface area (Å²) in [6.45, 7) is 11.6. The van der Waals surface area contributed by atoms with Gasteiger partial charge in [-0.25, -0.2) is 0 Å². The summed E-state index contributed by atoms with van der Waals surface area (Å²) in [4.78, 5) is 17.0. The van der Waals surface area contributed by atoms with E-state index in [0.717, 1.165) is 44.9 Å². The summed E-state index contributed by atoms with van der Waals surface area (Å²) in [6, 6.07) is 9.33. The highest BCUT2D eigenvalue weighted by atomic mass is 16.5. The summed E-state index contributed by atoms with van der Waals surface area (Å²) in [5, 5.41) is 8.82. The topological polar surface area (TPSA) is 65.8 Å². The number of ether oxygens (including phenoxy) is 2. The number of hydrogen-bond acceptors (Lipinski definition) is 6. The number of morpholine rings is 2. The lowest BCUT2D eigenvalue weighted by molar-refractivity contribution is -0.147. The maximum absolute atomic E-state index is 12.3. The van der Waals surface area contributed by atoms with Crippen LogP contribution in [0.15, 0.2) is 24.3 Å². The van der Waals surface area contributed by atoms with E-state index >= 15 is 0 Å². The first-order valence-electron chi connectivity index (χ1n) is 10.1. The van der Waals surface area contributed by atoms with E-state index < -0.39 is 0 Å². The fraction of sp³-hybridized carbons (Fsp3) is 0.636. The van der Waals surface area contributed by atoms with Crippen molar-refractivity contribution >= 4 is 5.78 Å². The third kappa shape index (κ3) is 5.78. The number of nitrogens with zero attached hydrogens (tertiary/aromatic N) is 3. The molecule has 0 aromatic heterocycles. The molecule has 0 aliphatic carbocycles. The zero-order valence-electron chi connectivity index (χ0n) is 17.2. The number of carbonyl (C=O) groups excluding carboxylic acids is 1. The Hall–Kier alpha value is -1.94. The smallest absolute Gasteiger partial charge is 0.152 e. The van der Waals surface area contributed by atoms with Crippen molar-refractivity contribution in [1.82, 2.24) is 9.80 Å². The van der Waals surface area contributed by atoms with Crippen molar-refractivity contribution in [2.45, 2.75) is 39.4 Å². The summed E-state index contributed by atoms with van der Waals surface area (Å²) in [5.41, 5.74) is 0.361. The lowest BCUT2D eigenvalue weighted by atomic mass is 9.90. The van der Waals surface area contributed by atoms with E-state index in [-0.39, 0.29) is 17.6 Å². The molecular formula is C22H31N3O3. The predicted molar refractivity (Wildman–Crippen MR) is 107 cm³/mol. The monoisotopic (exact) mass is 385 g/mol. The average Bonchev–Trinajstić information content (AvgIpc) is 2.64. The largest absolute Gasteiger partial charge is 0.494 e. The van der Waals surface area contributed by atoms with Gasteiger partial charge in [0.15, 0.2) is 5.78 Å². The SMILES string of the molecule is CC(C)(C)C(=O)CN1CC2CN(CCCOc3ccc(C#N)cc3)CC(C1)O2. The molecule has 2 saturated heterocycles. The second kappa shape index (κ2) is 9.04. The van der Waals surface area contributed by atoms with Gasteiger partial charge in [-0.1, -0.05) is 20.8 Å². The lowest BCUT2D eigenvalue weighted by Gasteiger charge is -2.46. The summed E-state index contributed by atoms with van der Waals surface area (Å²) < 4.78 is 11.9. The lowest BCUT2D eigenvalue weighted by Crippen LogP contribution is -2.60. The number of nitriles is 1. The Bertz CT molecular complexity index is 691. The van der Waals surface area contributed by atoms with Crippen LogP contribution in [0.3, 0.4) is 0 Å². The van der Waals surface area contributed by atoms with Crippen molar-refractivity contribution in [3.05, 3.63) is 29.8 Å². The molecule has 152 valence electrons. The van der Waals surface area contributed by atoms with Crippen molar-refractivity contribution in [3.63, 3.8) is 0 Å². The minimum atomic E-state index is -0.283. The molecule has 1 aromatic carbocycles. The molecule has 0 radical (unpaired) electrons. The summed E-state index contributed by atoms with van der Waals surface area (Å²) in [5.74, 6) is 1.10. The van der Waals surface area contributed by atoms with Crippen molar-refractivity contribution < 1.29 is 14.3 Å². The van der Waals surface area contributed by atoms with E-state index in [9.17, 15) is 4.79 Å². The number of Topliss-reactive ketones (excluding diaryl/α,β-unsaturated/α-hetero) is 1. The molecule has 2 heterocycles. The number of fused-ring (bicyclic) bond motifs is 2. The average molecular weight is 386 g/mol. The number of benzene rings is 1. The van der Waals surface area contributed by atoms with Gasteiger partial charge >= 0.3 is 0 Å². The highest BCUT2D eigenvalue weighted by Gasteiger charge is 2.36. The van der Waals surface area contributed by atoms with Gasteiger partial charge in [0.05, 0.1) is 37.0 Å². The van der Waals surface area contributed by atoms with Crippen LogP contribution in [0.4, 0.5) is 0 Å². The quantitative estimate of drug-likeness (QED) is 0.671. The normalized spacial score (nSPS) is 23.2. The van der Waals surface area contributed by atoms with Crippen LogP contribution in [0.25, 0.3) is 0 Å². The highest BCUT2D eigenvalue weighted by molar-refractivity contribution is 5.85. The molecule has 2 unspecified atom stereocenters. The van der Waals surface area contributed by atoms with Crippen molar-refractivity contribution in [2.24, 2.45) is 5.41 Å². The van der Waals surface area contributed by atoms with Gasteiger partial charge in [-0.2, -0.15) is 5.26 Å². The second-order valence-electron chi connectivity index (χ2n) is 8.85. The van der Waals surface area contributed by atoms with Gasteiger partial charge in [0.25, 0.3) is 0 Å². The number of ketones is 1. The number of carbonyl (C=O) groups is 1. The van der Waals surface area contributed by atoms with E-state index in [4.69, 9.17) is 14.7 Å². The van der Waals surface area contributed by atoms with Gasteiger partial charge in [-0.15, -0.1) is 0 Å². The standard InChI is InChI=1S/C22H31N3O3/c1-22(2,3)21(26)16-25-14-19-12-24(13-20(15-25)28-19)9-4-10-27-18-7-5-17(11-23)6-8-18/h5-8,19-20H,4,9-10,12-16H2,1-3H3. The Morgan fingerprint density at radius 1 is 1.14 bits per heavy atom. The zero-order chi connectivity index (χ0) is 20.1. The van der Waals surface area contributed by atoms with E-state index in [1.54, 1.807) is 12.1 Å². The molecule has 2 bridgehead atoms. The molecule has 0 saturated carbocycles. The van der Waals surface area contributed by atoms with Crippen LogP contribution in [0, 0.1) is 16.7 Å². The maximum atomic E-state index is 12.3. The van der Waals surface area contributed by atoms with E-state index in [1.165, 1.54) is 0 Å². The summed E-state index contributed by atoms with van der Waals surface area (Å²) in [6.07, 6.45) is 1.31. The van der Waals surface area contributed by atoms with Gasteiger partial charge < -0.3 is 9.47 Å². The van der Waals surface area contributed by atoms with Crippen molar-refractivity contribution in [1.29, 1.82) is 5.26 Å². The first kappa shape index (κ1) is 20.8. The first-order chi connectivity index (χ1) is 13.3. The number of rotatable bonds is 7. The van der Waals surface area contributed by atoms with Gasteiger partial charge in [-0.05, 0) is 30.7 Å². The molecule has 3 rings (SSSR count). The first-order valence-corrected chi connectivity index (χ1v) is 10.1. The zero-order valence-corrected chi connectivity index (χ0v) is 17.2. The molecule has 2 aliphatic heterocycles. The molecule has 6 nitrogen and oxygen atoms in total. The Labute approximate surface area is 168 Å². The maximum Gasteiger partial charge on any atom is 0.152 e. The number of hydrogen-bond donors (Lipinski definition) is 0. The molecule has 0 spiro atoms. The van der Waals surface area contributed by atoms with E-state index in [0.29, 0.717) is 24.5 Å². The van der Waals surface area contributed by atoms with Crippen molar-refractivity contribution in [2.75, 3.05) is 45.9 Å². The third-order valence-electron chi connectivity index (χ3n) is 5.31. The molecule has 0 amide bonds. The Kier molecular flexibility index (Phi) is 6.71. The molecule has 2 fully saturated rings. The highest BCUT2D eigenvalue weighted by Crippen LogP contribution is 2.22. The van der Waals surface area contributed by atoms with Gasteiger partial charge in [0, 0.05) is 38.1 Å². The molecule has 2 atom stereocenters. The molecular weight excluding hydrogens is 354 g/mol. The molecule has 6 heteroatoms. The second-order valence-corrected chi connectivity index (χ2v) is 8.85. The van der Waals surface area contributed by atoms with Gasteiger partial charge in [0.1, 0.15) is 5.75 Å². The van der Waals surface area contributed by atoms with Crippen LogP contribution in [-0.2, 0) is 9.53 Å². The molecule has 1 aromatic rings. The summed E-state index contributed by atoms with van der Waals surface area (Å²) in [7, 11) is 0. The third-order valence-corrected chi connectivity index (χ3v) is 5.31. The van der Waals surface area contributed by atoms with E-state index in [1.807, 2.05) is 32.9 Å². The van der Waals surface area contributed by atoms with Gasteiger partial charge in [-0.3, -0.25) is 14.6 Å². The van der Waals surface area contributed by atoms with Crippen LogP contribution in [-0.4, -0.2) is 73.7 Å². The molecule has 28 heavy (non-hydrogen) atoms. The minimum absolute atomic E-state index is 0.180. The Balaban J connectivity index is 1.38. The van der Waals surface area contributed by atoms with Crippen LogP contribution in [0.2, 0.25) is 0 Å². The molecule has 2 aliphatic rings. The Morgan fingerprint density at radius 3 is 2.32 bits per heavy atom. The van der Waals surface area contributed by atoms with Crippen molar-refractivity contribution in [3.8, 4) is 11.8 Å². The van der Waals surface area contributed by atoms with Crippen LogP contribution < -0.4 is 4.74 Å². The van der Waals surface area contributed by atoms with Crippen LogP contribution in [0.1, 0.15) is 32.8 Å². The molecule has 0 N–H and O–H groups in total. The summed E-state index contributed by atoms with van der Waals surface area (Å²) >= 11 is 0.